The number of carbonyl (C=O) groups is 3. The molecule has 1 aromatic carbocycles. The first-order valence-electron chi connectivity index (χ1n) is 10.1. The second-order valence-corrected chi connectivity index (χ2v) is 9.33. The second-order valence-electron chi connectivity index (χ2n) is 7.39. The van der Waals surface area contributed by atoms with Gasteiger partial charge in [0.25, 0.3) is 5.91 Å². The third kappa shape index (κ3) is 5.22. The average Bonchev–Trinajstić information content (AvgIpc) is 2.92. The molecule has 9 heteroatoms. The Morgan fingerprint density at radius 2 is 1.66 bits per heavy atom. The number of rotatable bonds is 7. The molecule has 29 heavy (non-hydrogen) atoms. The molecular formula is C20H27N3O5S. The molecule has 8 nitrogen and oxygen atoms in total. The van der Waals surface area contributed by atoms with Crippen molar-refractivity contribution in [3.63, 3.8) is 0 Å². The van der Waals surface area contributed by atoms with Crippen LogP contribution >= 0.6 is 0 Å². The molecule has 0 spiro atoms. The van der Waals surface area contributed by atoms with Crippen LogP contribution in [0.5, 0.6) is 0 Å². The minimum atomic E-state index is -3.62. The van der Waals surface area contributed by atoms with Gasteiger partial charge in [-0.2, -0.15) is 4.31 Å². The highest BCUT2D eigenvalue weighted by Crippen LogP contribution is 2.21. The van der Waals surface area contributed by atoms with Crippen molar-refractivity contribution in [3.05, 3.63) is 29.8 Å². The highest BCUT2D eigenvalue weighted by Gasteiger charge is 2.28. The summed E-state index contributed by atoms with van der Waals surface area (Å²) in [4.78, 5) is 36.9. The van der Waals surface area contributed by atoms with Gasteiger partial charge < -0.3 is 5.32 Å². The van der Waals surface area contributed by atoms with Gasteiger partial charge in [-0.15, -0.1) is 0 Å². The standard InChI is InChI=1S/C20H27N3O5S/c24-18-9-10-19(25)23(18)14-6-11-21-20(26)16-7-5-8-17(15-16)29(27,28)22-12-3-1-2-4-13-22/h5,7-8,15H,1-4,6,9-14H2,(H,21,26). The van der Waals surface area contributed by atoms with Gasteiger partial charge in [-0.05, 0) is 37.5 Å². The molecule has 158 valence electrons. The summed E-state index contributed by atoms with van der Waals surface area (Å²) < 4.78 is 27.3. The molecule has 0 aliphatic carbocycles. The molecule has 0 aromatic heterocycles. The molecule has 0 radical (unpaired) electrons. The van der Waals surface area contributed by atoms with Gasteiger partial charge in [0.1, 0.15) is 0 Å². The Labute approximate surface area is 171 Å². The molecule has 0 atom stereocenters. The summed E-state index contributed by atoms with van der Waals surface area (Å²) in [6.07, 6.45) is 4.72. The van der Waals surface area contributed by atoms with Crippen molar-refractivity contribution in [1.82, 2.24) is 14.5 Å². The number of likely N-dealkylation sites (tertiary alicyclic amines) is 1. The van der Waals surface area contributed by atoms with Crippen LogP contribution in [0, 0.1) is 0 Å². The maximum Gasteiger partial charge on any atom is 0.251 e. The van der Waals surface area contributed by atoms with E-state index in [1.807, 2.05) is 0 Å². The Morgan fingerprint density at radius 3 is 2.31 bits per heavy atom. The van der Waals surface area contributed by atoms with Crippen LogP contribution in [0.1, 0.15) is 55.3 Å². The molecule has 2 heterocycles. The van der Waals surface area contributed by atoms with Crippen LogP contribution in [-0.2, 0) is 19.6 Å². The highest BCUT2D eigenvalue weighted by atomic mass is 32.2. The van der Waals surface area contributed by atoms with E-state index in [-0.39, 0.29) is 47.6 Å². The monoisotopic (exact) mass is 421 g/mol. The molecule has 2 aliphatic rings. The third-order valence-corrected chi connectivity index (χ3v) is 7.19. The van der Waals surface area contributed by atoms with Gasteiger partial charge in [-0.3, -0.25) is 19.3 Å². The molecule has 1 aromatic rings. The summed E-state index contributed by atoms with van der Waals surface area (Å²) in [7, 11) is -3.62. The summed E-state index contributed by atoms with van der Waals surface area (Å²) in [6.45, 7) is 1.58. The van der Waals surface area contributed by atoms with Crippen molar-refractivity contribution >= 4 is 27.7 Å². The lowest BCUT2D eigenvalue weighted by atomic mass is 10.2. The number of hydrogen-bond donors (Lipinski definition) is 1. The van der Waals surface area contributed by atoms with Gasteiger partial charge in [0, 0.05) is 44.6 Å². The molecule has 1 N–H and O–H groups in total. The molecule has 0 unspecified atom stereocenters. The zero-order valence-electron chi connectivity index (χ0n) is 16.4. The van der Waals surface area contributed by atoms with Gasteiger partial charge >= 0.3 is 0 Å². The molecule has 0 bridgehead atoms. The topological polar surface area (TPSA) is 104 Å². The van der Waals surface area contributed by atoms with Crippen molar-refractivity contribution in [2.24, 2.45) is 0 Å². The van der Waals surface area contributed by atoms with Crippen molar-refractivity contribution in [2.45, 2.75) is 49.8 Å². The van der Waals surface area contributed by atoms with Crippen LogP contribution < -0.4 is 5.32 Å². The van der Waals surface area contributed by atoms with Crippen LogP contribution in [-0.4, -0.2) is 61.5 Å². The van der Waals surface area contributed by atoms with Gasteiger partial charge in [-0.1, -0.05) is 18.9 Å². The van der Waals surface area contributed by atoms with Gasteiger partial charge in [-0.25, -0.2) is 8.42 Å². The van der Waals surface area contributed by atoms with E-state index in [2.05, 4.69) is 5.32 Å². The summed E-state index contributed by atoms with van der Waals surface area (Å²) in [5.74, 6) is -0.725. The molecule has 3 amide bonds. The fourth-order valence-corrected chi connectivity index (χ4v) is 5.21. The fourth-order valence-electron chi connectivity index (χ4n) is 3.64. The van der Waals surface area contributed by atoms with E-state index in [0.717, 1.165) is 25.7 Å². The summed E-state index contributed by atoms with van der Waals surface area (Å²) >= 11 is 0. The van der Waals surface area contributed by atoms with Gasteiger partial charge in [0.15, 0.2) is 0 Å². The van der Waals surface area contributed by atoms with E-state index in [4.69, 9.17) is 0 Å². The van der Waals surface area contributed by atoms with Crippen molar-refractivity contribution < 1.29 is 22.8 Å². The third-order valence-electron chi connectivity index (χ3n) is 5.30. The predicted molar refractivity (Wildman–Crippen MR) is 107 cm³/mol. The highest BCUT2D eigenvalue weighted by molar-refractivity contribution is 7.89. The van der Waals surface area contributed by atoms with E-state index in [1.165, 1.54) is 21.3 Å². The van der Waals surface area contributed by atoms with Crippen LogP contribution in [0.2, 0.25) is 0 Å². The molecular weight excluding hydrogens is 394 g/mol. The van der Waals surface area contributed by atoms with Crippen molar-refractivity contribution in [1.29, 1.82) is 0 Å². The first kappa shape index (κ1) is 21.4. The number of sulfonamides is 1. The first-order chi connectivity index (χ1) is 13.9. The molecule has 3 rings (SSSR count). The first-order valence-corrected chi connectivity index (χ1v) is 11.6. The average molecular weight is 422 g/mol. The number of hydrogen-bond acceptors (Lipinski definition) is 5. The Balaban J connectivity index is 1.57. The smallest absolute Gasteiger partial charge is 0.251 e. The van der Waals surface area contributed by atoms with Crippen molar-refractivity contribution in [3.8, 4) is 0 Å². The minimum Gasteiger partial charge on any atom is -0.352 e. The Kier molecular flexibility index (Phi) is 7.02. The number of nitrogens with zero attached hydrogens (tertiary/aromatic N) is 2. The van der Waals surface area contributed by atoms with E-state index in [9.17, 15) is 22.8 Å². The normalized spacial score (nSPS) is 18.7. The quantitative estimate of drug-likeness (QED) is 0.531. The zero-order chi connectivity index (χ0) is 20.9. The summed E-state index contributed by atoms with van der Waals surface area (Å²) in [5.41, 5.74) is 0.272. The number of carbonyl (C=O) groups excluding carboxylic acids is 3. The lowest BCUT2D eigenvalue weighted by molar-refractivity contribution is -0.138. The predicted octanol–water partition coefficient (Wildman–Crippen LogP) is 1.52. The van der Waals surface area contributed by atoms with Gasteiger partial charge in [0.05, 0.1) is 4.90 Å². The largest absolute Gasteiger partial charge is 0.352 e. The molecule has 2 saturated heterocycles. The van der Waals surface area contributed by atoms with Crippen LogP contribution in [0.4, 0.5) is 0 Å². The fraction of sp³-hybridized carbons (Fsp3) is 0.550. The van der Waals surface area contributed by atoms with E-state index in [1.54, 1.807) is 12.1 Å². The number of benzene rings is 1. The summed E-state index contributed by atoms with van der Waals surface area (Å²) in [5, 5.41) is 2.72. The number of amides is 3. The van der Waals surface area contributed by atoms with Crippen LogP contribution in [0.3, 0.4) is 0 Å². The summed E-state index contributed by atoms with van der Waals surface area (Å²) in [6, 6.07) is 6.07. The van der Waals surface area contributed by atoms with Crippen LogP contribution in [0.15, 0.2) is 29.2 Å². The molecule has 2 aliphatic heterocycles. The van der Waals surface area contributed by atoms with Crippen molar-refractivity contribution in [2.75, 3.05) is 26.2 Å². The Bertz CT molecular complexity index is 860. The minimum absolute atomic E-state index is 0.125. The van der Waals surface area contributed by atoms with E-state index in [0.29, 0.717) is 26.1 Å². The SMILES string of the molecule is O=C(NCCCN1C(=O)CCC1=O)c1cccc(S(=O)(=O)N2CCCCCC2)c1. The molecule has 2 fully saturated rings. The number of imide groups is 1. The molecule has 0 saturated carbocycles. The van der Waals surface area contributed by atoms with E-state index >= 15 is 0 Å². The zero-order valence-corrected chi connectivity index (χ0v) is 17.2. The Morgan fingerprint density at radius 1 is 1.00 bits per heavy atom. The number of nitrogens with one attached hydrogen (secondary N) is 1. The van der Waals surface area contributed by atoms with Crippen LogP contribution in [0.25, 0.3) is 0 Å². The lowest BCUT2D eigenvalue weighted by Gasteiger charge is -2.20. The maximum absolute atomic E-state index is 12.9. The Hall–Kier alpha value is -2.26. The van der Waals surface area contributed by atoms with E-state index < -0.39 is 10.0 Å². The second kappa shape index (κ2) is 9.49. The lowest BCUT2D eigenvalue weighted by Crippen LogP contribution is -2.33. The maximum atomic E-state index is 12.9. The van der Waals surface area contributed by atoms with Gasteiger partial charge in [0.2, 0.25) is 21.8 Å².